The first-order valence-electron chi connectivity index (χ1n) is 5.81. The third-order valence-corrected chi connectivity index (χ3v) is 3.75. The molecule has 0 saturated carbocycles. The Morgan fingerprint density at radius 2 is 2.00 bits per heavy atom. The highest BCUT2D eigenvalue weighted by atomic mass is 35.5. The van der Waals surface area contributed by atoms with Crippen molar-refractivity contribution in [3.63, 3.8) is 0 Å². The van der Waals surface area contributed by atoms with E-state index in [0.29, 0.717) is 10.6 Å². The van der Waals surface area contributed by atoms with Gasteiger partial charge in [-0.25, -0.2) is 0 Å². The van der Waals surface area contributed by atoms with Gasteiger partial charge >= 0.3 is 0 Å². The lowest BCUT2D eigenvalue weighted by Gasteiger charge is -2.08. The molecular formula is C15H14ClNOS. The minimum absolute atomic E-state index is 0.188. The Morgan fingerprint density at radius 3 is 2.68 bits per heavy atom. The Kier molecular flexibility index (Phi) is 4.51. The maximum atomic E-state index is 12.2. The lowest BCUT2D eigenvalue weighted by atomic mass is 10.2. The van der Waals surface area contributed by atoms with Gasteiger partial charge in [0.15, 0.2) is 0 Å². The highest BCUT2D eigenvalue weighted by Crippen LogP contribution is 2.24. The van der Waals surface area contributed by atoms with Crippen molar-refractivity contribution in [3.05, 3.63) is 58.6 Å². The van der Waals surface area contributed by atoms with Crippen LogP contribution in [-0.4, -0.2) is 12.2 Å². The van der Waals surface area contributed by atoms with E-state index in [0.717, 1.165) is 16.1 Å². The molecule has 1 N–H and O–H groups in total. The first-order chi connectivity index (χ1) is 9.10. The van der Waals surface area contributed by atoms with E-state index >= 15 is 0 Å². The Bertz CT molecular complexity index is 613. The van der Waals surface area contributed by atoms with E-state index in [1.165, 1.54) is 0 Å². The summed E-state index contributed by atoms with van der Waals surface area (Å²) in [4.78, 5) is 13.2. The van der Waals surface area contributed by atoms with Gasteiger partial charge < -0.3 is 5.32 Å². The van der Waals surface area contributed by atoms with E-state index in [9.17, 15) is 4.79 Å². The molecule has 0 atom stereocenters. The molecule has 98 valence electrons. The Morgan fingerprint density at radius 1 is 1.21 bits per heavy atom. The smallest absolute Gasteiger partial charge is 0.257 e. The molecule has 2 rings (SSSR count). The van der Waals surface area contributed by atoms with Gasteiger partial charge in [-0.05, 0) is 49.1 Å². The van der Waals surface area contributed by atoms with Gasteiger partial charge in [-0.15, -0.1) is 11.8 Å². The molecule has 0 aliphatic heterocycles. The molecule has 0 heterocycles. The second kappa shape index (κ2) is 6.13. The summed E-state index contributed by atoms with van der Waals surface area (Å²) < 4.78 is 0. The predicted octanol–water partition coefficient (Wildman–Crippen LogP) is 4.62. The number of amides is 1. The van der Waals surface area contributed by atoms with Crippen LogP contribution in [0.2, 0.25) is 5.02 Å². The molecule has 0 aromatic heterocycles. The average Bonchev–Trinajstić information content (AvgIpc) is 2.39. The Hall–Kier alpha value is -1.45. The molecule has 4 heteroatoms. The second-order valence-electron chi connectivity index (χ2n) is 4.17. The molecule has 1 amide bonds. The van der Waals surface area contributed by atoms with Crippen molar-refractivity contribution in [2.45, 2.75) is 11.8 Å². The van der Waals surface area contributed by atoms with Gasteiger partial charge in [-0.2, -0.15) is 0 Å². The van der Waals surface area contributed by atoms with E-state index in [1.54, 1.807) is 23.9 Å². The number of anilines is 1. The highest BCUT2D eigenvalue weighted by Gasteiger charge is 2.11. The molecular weight excluding hydrogens is 278 g/mol. The van der Waals surface area contributed by atoms with Gasteiger partial charge in [0.25, 0.3) is 5.91 Å². The molecule has 0 fully saturated rings. The maximum absolute atomic E-state index is 12.2. The van der Waals surface area contributed by atoms with E-state index in [4.69, 9.17) is 11.6 Å². The van der Waals surface area contributed by atoms with Crippen LogP contribution < -0.4 is 5.32 Å². The number of thioether (sulfide) groups is 1. The van der Waals surface area contributed by atoms with Crippen molar-refractivity contribution in [1.82, 2.24) is 0 Å². The number of carbonyl (C=O) groups is 1. The van der Waals surface area contributed by atoms with E-state index in [2.05, 4.69) is 5.32 Å². The fraction of sp³-hybridized carbons (Fsp3) is 0.133. The van der Waals surface area contributed by atoms with Crippen LogP contribution in [0.5, 0.6) is 0 Å². The number of nitrogens with one attached hydrogen (secondary N) is 1. The Labute approximate surface area is 122 Å². The van der Waals surface area contributed by atoms with E-state index < -0.39 is 0 Å². The van der Waals surface area contributed by atoms with Crippen molar-refractivity contribution in [1.29, 1.82) is 0 Å². The largest absolute Gasteiger partial charge is 0.322 e. The normalized spacial score (nSPS) is 10.3. The molecule has 0 saturated heterocycles. The number of aryl methyl sites for hydroxylation is 1. The van der Waals surface area contributed by atoms with Crippen LogP contribution in [0.1, 0.15) is 15.9 Å². The van der Waals surface area contributed by atoms with Crippen molar-refractivity contribution >= 4 is 35.0 Å². The van der Waals surface area contributed by atoms with Gasteiger partial charge in [0.2, 0.25) is 0 Å². The van der Waals surface area contributed by atoms with Crippen molar-refractivity contribution in [2.75, 3.05) is 11.6 Å². The monoisotopic (exact) mass is 291 g/mol. The van der Waals surface area contributed by atoms with Gasteiger partial charge in [0, 0.05) is 10.6 Å². The first-order valence-corrected chi connectivity index (χ1v) is 7.42. The van der Waals surface area contributed by atoms with E-state index in [1.807, 2.05) is 43.5 Å². The van der Waals surface area contributed by atoms with Gasteiger partial charge in [-0.3, -0.25) is 4.79 Å². The van der Waals surface area contributed by atoms with Crippen LogP contribution in [0.15, 0.2) is 47.4 Å². The second-order valence-corrected chi connectivity index (χ2v) is 5.46. The minimum atomic E-state index is -0.188. The minimum Gasteiger partial charge on any atom is -0.322 e. The molecule has 0 unspecified atom stereocenters. The van der Waals surface area contributed by atoms with Crippen LogP contribution in [0.25, 0.3) is 0 Å². The Balaban J connectivity index is 2.25. The number of hydrogen-bond acceptors (Lipinski definition) is 2. The fourth-order valence-electron chi connectivity index (χ4n) is 1.73. The average molecular weight is 292 g/mol. The van der Waals surface area contributed by atoms with Gasteiger partial charge in [-0.1, -0.05) is 23.7 Å². The summed E-state index contributed by atoms with van der Waals surface area (Å²) in [6.07, 6.45) is 1.96. The van der Waals surface area contributed by atoms with Crippen LogP contribution in [-0.2, 0) is 0 Å². The van der Waals surface area contributed by atoms with E-state index in [-0.39, 0.29) is 5.91 Å². The number of halogens is 1. The SMILES string of the molecule is CSc1ccc(Cl)c(C(=O)Nc2cccc(C)c2)c1. The molecule has 0 aliphatic rings. The summed E-state index contributed by atoms with van der Waals surface area (Å²) in [5.41, 5.74) is 2.37. The van der Waals surface area contributed by atoms with Gasteiger partial charge in [0.05, 0.1) is 10.6 Å². The van der Waals surface area contributed by atoms with Crippen LogP contribution in [0, 0.1) is 6.92 Å². The lowest BCUT2D eigenvalue weighted by Crippen LogP contribution is -2.12. The van der Waals surface area contributed by atoms with Crippen molar-refractivity contribution in [3.8, 4) is 0 Å². The zero-order valence-corrected chi connectivity index (χ0v) is 12.3. The molecule has 2 nitrogen and oxygen atoms in total. The molecule has 2 aromatic rings. The van der Waals surface area contributed by atoms with Crippen molar-refractivity contribution < 1.29 is 4.79 Å². The summed E-state index contributed by atoms with van der Waals surface area (Å²) in [7, 11) is 0. The quantitative estimate of drug-likeness (QED) is 0.836. The summed E-state index contributed by atoms with van der Waals surface area (Å²) in [6.45, 7) is 1.98. The summed E-state index contributed by atoms with van der Waals surface area (Å²) in [5, 5.41) is 3.32. The standard InChI is InChI=1S/C15H14ClNOS/c1-10-4-3-5-11(8-10)17-15(18)13-9-12(19-2)6-7-14(13)16/h3-9H,1-2H3,(H,17,18). The number of carbonyl (C=O) groups excluding carboxylic acids is 1. The molecule has 0 bridgehead atoms. The molecule has 19 heavy (non-hydrogen) atoms. The van der Waals surface area contributed by atoms with Gasteiger partial charge in [0.1, 0.15) is 0 Å². The number of hydrogen-bond donors (Lipinski definition) is 1. The van der Waals surface area contributed by atoms with Crippen LogP contribution in [0.4, 0.5) is 5.69 Å². The third kappa shape index (κ3) is 3.52. The topological polar surface area (TPSA) is 29.1 Å². The summed E-state index contributed by atoms with van der Waals surface area (Å²) >= 11 is 7.65. The molecule has 2 aromatic carbocycles. The first kappa shape index (κ1) is 14.0. The predicted molar refractivity (Wildman–Crippen MR) is 82.4 cm³/mol. The number of benzene rings is 2. The molecule has 0 spiro atoms. The molecule has 0 aliphatic carbocycles. The lowest BCUT2D eigenvalue weighted by molar-refractivity contribution is 0.102. The van der Waals surface area contributed by atoms with Crippen molar-refractivity contribution in [2.24, 2.45) is 0 Å². The zero-order valence-electron chi connectivity index (χ0n) is 10.7. The summed E-state index contributed by atoms with van der Waals surface area (Å²) in [5.74, 6) is -0.188. The maximum Gasteiger partial charge on any atom is 0.257 e. The zero-order chi connectivity index (χ0) is 13.8. The van der Waals surface area contributed by atoms with Crippen LogP contribution >= 0.6 is 23.4 Å². The van der Waals surface area contributed by atoms with Crippen LogP contribution in [0.3, 0.4) is 0 Å². The fourth-order valence-corrected chi connectivity index (χ4v) is 2.37. The summed E-state index contributed by atoms with van der Waals surface area (Å²) in [6, 6.07) is 13.1. The number of rotatable bonds is 3. The third-order valence-electron chi connectivity index (χ3n) is 2.69. The highest BCUT2D eigenvalue weighted by molar-refractivity contribution is 7.98. The molecule has 0 radical (unpaired) electrons.